The van der Waals surface area contributed by atoms with Gasteiger partial charge in [0, 0.05) is 5.41 Å². The summed E-state index contributed by atoms with van der Waals surface area (Å²) in [5.41, 5.74) is 5.49. The van der Waals surface area contributed by atoms with Gasteiger partial charge in [0.2, 0.25) is 0 Å². The lowest BCUT2D eigenvalue weighted by atomic mass is 9.86. The molecular formula is C14H29N3O. The van der Waals surface area contributed by atoms with Gasteiger partial charge in [0.05, 0.1) is 0 Å². The fourth-order valence-electron chi connectivity index (χ4n) is 2.63. The van der Waals surface area contributed by atoms with Crippen molar-refractivity contribution in [1.82, 2.24) is 4.90 Å². The lowest BCUT2D eigenvalue weighted by Gasteiger charge is -2.32. The largest absolute Gasteiger partial charge is 0.409 e. The molecule has 0 aromatic rings. The van der Waals surface area contributed by atoms with Crippen LogP contribution in [0.25, 0.3) is 0 Å². The van der Waals surface area contributed by atoms with E-state index in [0.717, 1.165) is 25.3 Å². The molecule has 1 aliphatic rings. The van der Waals surface area contributed by atoms with Gasteiger partial charge >= 0.3 is 0 Å². The summed E-state index contributed by atoms with van der Waals surface area (Å²) in [6, 6.07) is 0. The number of likely N-dealkylation sites (tertiary alicyclic amines) is 1. The van der Waals surface area contributed by atoms with E-state index >= 15 is 0 Å². The fourth-order valence-corrected chi connectivity index (χ4v) is 2.63. The standard InChI is InChI=1S/C14H29N3O/c1-4-12-6-10-17(11-7-12)9-5-8-14(2,3)13(15)16-18/h12,18H,4-11H2,1-3H3,(H2,15,16). The summed E-state index contributed by atoms with van der Waals surface area (Å²) in [7, 11) is 0. The molecule has 0 radical (unpaired) electrons. The van der Waals surface area contributed by atoms with E-state index in [9.17, 15) is 0 Å². The number of nitrogens with zero attached hydrogens (tertiary/aromatic N) is 2. The highest BCUT2D eigenvalue weighted by Gasteiger charge is 2.24. The van der Waals surface area contributed by atoms with Crippen molar-refractivity contribution in [3.63, 3.8) is 0 Å². The van der Waals surface area contributed by atoms with Gasteiger partial charge in [-0.2, -0.15) is 0 Å². The summed E-state index contributed by atoms with van der Waals surface area (Å²) in [4.78, 5) is 2.55. The minimum absolute atomic E-state index is 0.198. The maximum atomic E-state index is 8.73. The van der Waals surface area contributed by atoms with Crippen LogP contribution < -0.4 is 5.73 Å². The van der Waals surface area contributed by atoms with Crippen LogP contribution in [0.2, 0.25) is 0 Å². The molecule has 0 aliphatic carbocycles. The molecule has 0 saturated carbocycles. The van der Waals surface area contributed by atoms with Crippen LogP contribution in [0.3, 0.4) is 0 Å². The molecule has 0 aromatic carbocycles. The molecule has 0 unspecified atom stereocenters. The van der Waals surface area contributed by atoms with Crippen molar-refractivity contribution in [2.24, 2.45) is 22.2 Å². The minimum atomic E-state index is -0.198. The number of piperidine rings is 1. The molecule has 0 bridgehead atoms. The number of hydrogen-bond donors (Lipinski definition) is 2. The van der Waals surface area contributed by atoms with E-state index in [-0.39, 0.29) is 5.41 Å². The van der Waals surface area contributed by atoms with Gasteiger partial charge in [-0.3, -0.25) is 0 Å². The Morgan fingerprint density at radius 2 is 2.00 bits per heavy atom. The SMILES string of the molecule is CCC1CCN(CCCC(C)(C)C(N)=NO)CC1. The molecule has 0 atom stereocenters. The number of oxime groups is 1. The second-order valence-electron chi connectivity index (χ2n) is 6.17. The van der Waals surface area contributed by atoms with Gasteiger partial charge in [-0.05, 0) is 51.2 Å². The van der Waals surface area contributed by atoms with Gasteiger partial charge in [-0.15, -0.1) is 0 Å². The van der Waals surface area contributed by atoms with Gasteiger partial charge in [0.25, 0.3) is 0 Å². The first kappa shape index (κ1) is 15.3. The molecule has 18 heavy (non-hydrogen) atoms. The van der Waals surface area contributed by atoms with Crippen molar-refractivity contribution >= 4 is 5.84 Å². The molecule has 3 N–H and O–H groups in total. The summed E-state index contributed by atoms with van der Waals surface area (Å²) >= 11 is 0. The second-order valence-corrected chi connectivity index (χ2v) is 6.17. The fraction of sp³-hybridized carbons (Fsp3) is 0.929. The Morgan fingerprint density at radius 3 is 2.50 bits per heavy atom. The molecule has 1 fully saturated rings. The van der Waals surface area contributed by atoms with Crippen LogP contribution in [0.4, 0.5) is 0 Å². The van der Waals surface area contributed by atoms with E-state index in [1.165, 1.54) is 32.4 Å². The van der Waals surface area contributed by atoms with Crippen molar-refractivity contribution < 1.29 is 5.21 Å². The van der Waals surface area contributed by atoms with Crippen molar-refractivity contribution in [1.29, 1.82) is 0 Å². The Bertz CT molecular complexity index is 268. The summed E-state index contributed by atoms with van der Waals surface area (Å²) in [5.74, 6) is 1.28. The van der Waals surface area contributed by atoms with Gasteiger partial charge < -0.3 is 15.8 Å². The summed E-state index contributed by atoms with van der Waals surface area (Å²) in [6.45, 7) is 9.97. The zero-order valence-corrected chi connectivity index (χ0v) is 12.2. The monoisotopic (exact) mass is 255 g/mol. The number of amidine groups is 1. The molecule has 1 aliphatic heterocycles. The van der Waals surface area contributed by atoms with Gasteiger partial charge in [-0.1, -0.05) is 32.3 Å². The smallest absolute Gasteiger partial charge is 0.144 e. The van der Waals surface area contributed by atoms with Crippen LogP contribution in [0.1, 0.15) is 52.9 Å². The Hall–Kier alpha value is -0.770. The van der Waals surface area contributed by atoms with E-state index in [2.05, 4.69) is 17.0 Å². The molecule has 4 heteroatoms. The lowest BCUT2D eigenvalue weighted by molar-refractivity contribution is 0.175. The highest BCUT2D eigenvalue weighted by molar-refractivity contribution is 5.85. The Kier molecular flexibility index (Phi) is 5.93. The summed E-state index contributed by atoms with van der Waals surface area (Å²) < 4.78 is 0. The molecule has 106 valence electrons. The summed E-state index contributed by atoms with van der Waals surface area (Å²) in [5, 5.41) is 11.9. The predicted octanol–water partition coefficient (Wildman–Crippen LogP) is 2.66. The maximum absolute atomic E-state index is 8.73. The summed E-state index contributed by atoms with van der Waals surface area (Å²) in [6.07, 6.45) is 6.10. The molecule has 0 aromatic heterocycles. The molecular weight excluding hydrogens is 226 g/mol. The number of rotatable bonds is 6. The lowest BCUT2D eigenvalue weighted by Crippen LogP contribution is -2.36. The minimum Gasteiger partial charge on any atom is -0.409 e. The van der Waals surface area contributed by atoms with E-state index in [1.54, 1.807) is 0 Å². The Labute approximate surface area is 111 Å². The van der Waals surface area contributed by atoms with Gasteiger partial charge in [-0.25, -0.2) is 0 Å². The van der Waals surface area contributed by atoms with Crippen LogP contribution in [0.15, 0.2) is 5.16 Å². The van der Waals surface area contributed by atoms with E-state index < -0.39 is 0 Å². The van der Waals surface area contributed by atoms with Crippen LogP contribution in [-0.2, 0) is 0 Å². The quantitative estimate of drug-likeness (QED) is 0.332. The highest BCUT2D eigenvalue weighted by atomic mass is 16.4. The first-order valence-corrected chi connectivity index (χ1v) is 7.20. The number of hydrogen-bond acceptors (Lipinski definition) is 3. The van der Waals surface area contributed by atoms with Crippen molar-refractivity contribution in [3.05, 3.63) is 0 Å². The topological polar surface area (TPSA) is 61.8 Å². The molecule has 0 amide bonds. The van der Waals surface area contributed by atoms with E-state index in [4.69, 9.17) is 10.9 Å². The highest BCUT2D eigenvalue weighted by Crippen LogP contribution is 2.24. The van der Waals surface area contributed by atoms with Crippen LogP contribution in [0.5, 0.6) is 0 Å². The zero-order valence-electron chi connectivity index (χ0n) is 12.2. The van der Waals surface area contributed by atoms with E-state index in [0.29, 0.717) is 5.84 Å². The van der Waals surface area contributed by atoms with Crippen LogP contribution >= 0.6 is 0 Å². The Morgan fingerprint density at radius 1 is 1.39 bits per heavy atom. The maximum Gasteiger partial charge on any atom is 0.144 e. The third kappa shape index (κ3) is 4.48. The van der Waals surface area contributed by atoms with Crippen LogP contribution in [0, 0.1) is 11.3 Å². The number of nitrogens with two attached hydrogens (primary N) is 1. The molecule has 0 spiro atoms. The third-order valence-corrected chi connectivity index (χ3v) is 4.36. The average Bonchev–Trinajstić information content (AvgIpc) is 2.38. The molecule has 1 saturated heterocycles. The van der Waals surface area contributed by atoms with Gasteiger partial charge in [0.15, 0.2) is 0 Å². The average molecular weight is 255 g/mol. The predicted molar refractivity (Wildman–Crippen MR) is 75.9 cm³/mol. The van der Waals surface area contributed by atoms with E-state index in [1.807, 2.05) is 13.8 Å². The Balaban J connectivity index is 2.23. The van der Waals surface area contributed by atoms with Crippen molar-refractivity contribution in [2.45, 2.75) is 52.9 Å². The molecule has 4 nitrogen and oxygen atoms in total. The second kappa shape index (κ2) is 6.98. The first-order valence-electron chi connectivity index (χ1n) is 7.20. The first-order chi connectivity index (χ1) is 8.49. The molecule has 1 rings (SSSR count). The van der Waals surface area contributed by atoms with Crippen LogP contribution in [-0.4, -0.2) is 35.6 Å². The zero-order chi connectivity index (χ0) is 13.6. The molecule has 1 heterocycles. The normalized spacial score (nSPS) is 20.3. The third-order valence-electron chi connectivity index (χ3n) is 4.36. The van der Waals surface area contributed by atoms with Crippen molar-refractivity contribution in [2.75, 3.05) is 19.6 Å². The van der Waals surface area contributed by atoms with Crippen molar-refractivity contribution in [3.8, 4) is 0 Å². The van der Waals surface area contributed by atoms with Gasteiger partial charge in [0.1, 0.15) is 5.84 Å².